The summed E-state index contributed by atoms with van der Waals surface area (Å²) >= 11 is 0. The molecule has 2 aromatic carbocycles. The summed E-state index contributed by atoms with van der Waals surface area (Å²) in [6.45, 7) is 0. The van der Waals surface area contributed by atoms with Gasteiger partial charge in [0.25, 0.3) is 0 Å². The maximum atomic E-state index is 11.9. The molecule has 0 atom stereocenters. The first-order chi connectivity index (χ1) is 10.6. The molecule has 1 saturated carbocycles. The lowest BCUT2D eigenvalue weighted by Gasteiger charge is -2.24. The van der Waals surface area contributed by atoms with Crippen molar-refractivity contribution in [3.05, 3.63) is 47.0 Å². The fourth-order valence-electron chi connectivity index (χ4n) is 3.56. The van der Waals surface area contributed by atoms with E-state index in [0.29, 0.717) is 10.8 Å². The summed E-state index contributed by atoms with van der Waals surface area (Å²) in [6, 6.07) is 8.60. The minimum absolute atomic E-state index is 0.0626. The van der Waals surface area contributed by atoms with E-state index in [9.17, 15) is 19.8 Å². The van der Waals surface area contributed by atoms with Crippen LogP contribution >= 0.6 is 0 Å². The smallest absolute Gasteiger partial charge is 0.336 e. The summed E-state index contributed by atoms with van der Waals surface area (Å²) in [7, 11) is 0. The van der Waals surface area contributed by atoms with Crippen molar-refractivity contribution in [2.75, 3.05) is 0 Å². The molecule has 0 amide bonds. The molecule has 0 heterocycles. The minimum Gasteiger partial charge on any atom is -0.478 e. The molecule has 0 saturated heterocycles. The highest BCUT2D eigenvalue weighted by molar-refractivity contribution is 6.13. The van der Waals surface area contributed by atoms with Crippen molar-refractivity contribution >= 4 is 22.7 Å². The molecule has 22 heavy (non-hydrogen) atoms. The van der Waals surface area contributed by atoms with Gasteiger partial charge in [-0.3, -0.25) is 0 Å². The third-order valence-electron chi connectivity index (χ3n) is 4.57. The van der Waals surface area contributed by atoms with Crippen molar-refractivity contribution in [1.82, 2.24) is 0 Å². The quantitative estimate of drug-likeness (QED) is 0.886. The number of rotatable bonds is 3. The van der Waals surface area contributed by atoms with Crippen molar-refractivity contribution in [3.8, 4) is 0 Å². The maximum Gasteiger partial charge on any atom is 0.336 e. The van der Waals surface area contributed by atoms with Crippen LogP contribution in [0.5, 0.6) is 0 Å². The maximum absolute atomic E-state index is 11.9. The summed E-state index contributed by atoms with van der Waals surface area (Å²) < 4.78 is 0. The molecule has 1 aliphatic carbocycles. The lowest BCUT2D eigenvalue weighted by Crippen LogP contribution is -2.12. The fraction of sp³-hybridized carbons (Fsp3) is 0.333. The highest BCUT2D eigenvalue weighted by Gasteiger charge is 2.25. The Morgan fingerprint density at radius 2 is 1.64 bits per heavy atom. The Kier molecular flexibility index (Phi) is 3.84. The van der Waals surface area contributed by atoms with Gasteiger partial charge in [0.1, 0.15) is 0 Å². The molecule has 0 spiro atoms. The molecule has 3 rings (SSSR count). The van der Waals surface area contributed by atoms with Gasteiger partial charge in [0.05, 0.1) is 11.1 Å². The van der Waals surface area contributed by atoms with Gasteiger partial charge in [-0.15, -0.1) is 0 Å². The standard InChI is InChI=1S/C18H18O4/c19-17(20)14-8-4-7-12-9-10-13(11-5-2-1-3-6-11)16(15(12)14)18(21)22/h4,7-11H,1-3,5-6H2,(H,19,20)(H,21,22). The summed E-state index contributed by atoms with van der Waals surface area (Å²) in [5, 5.41) is 20.1. The Morgan fingerprint density at radius 3 is 2.27 bits per heavy atom. The van der Waals surface area contributed by atoms with Crippen molar-refractivity contribution in [1.29, 1.82) is 0 Å². The van der Waals surface area contributed by atoms with Gasteiger partial charge in [0, 0.05) is 5.39 Å². The summed E-state index contributed by atoms with van der Waals surface area (Å²) in [5.41, 5.74) is 1.02. The van der Waals surface area contributed by atoms with Gasteiger partial charge in [-0.2, -0.15) is 0 Å². The Bertz CT molecular complexity index is 742. The van der Waals surface area contributed by atoms with Crippen LogP contribution in [0.25, 0.3) is 10.8 Å². The van der Waals surface area contributed by atoms with Crippen LogP contribution in [0.1, 0.15) is 64.3 Å². The van der Waals surface area contributed by atoms with Crippen LogP contribution < -0.4 is 0 Å². The molecule has 0 unspecified atom stereocenters. The summed E-state index contributed by atoms with van der Waals surface area (Å²) in [5.74, 6) is -1.92. The predicted molar refractivity (Wildman–Crippen MR) is 83.7 cm³/mol. The molecule has 1 aliphatic rings. The zero-order chi connectivity index (χ0) is 15.7. The second-order valence-electron chi connectivity index (χ2n) is 5.88. The zero-order valence-electron chi connectivity index (χ0n) is 12.2. The second kappa shape index (κ2) is 5.79. The Morgan fingerprint density at radius 1 is 0.909 bits per heavy atom. The molecule has 2 N–H and O–H groups in total. The highest BCUT2D eigenvalue weighted by Crippen LogP contribution is 2.37. The van der Waals surface area contributed by atoms with Crippen molar-refractivity contribution in [2.45, 2.75) is 38.0 Å². The lowest BCUT2D eigenvalue weighted by molar-refractivity contribution is 0.0694. The molecule has 0 bridgehead atoms. The van der Waals surface area contributed by atoms with Gasteiger partial charge in [0.2, 0.25) is 0 Å². The fourth-order valence-corrected chi connectivity index (χ4v) is 3.56. The van der Waals surface area contributed by atoms with Crippen LogP contribution in [0, 0.1) is 0 Å². The molecule has 1 fully saturated rings. The average molecular weight is 298 g/mol. The van der Waals surface area contributed by atoms with Gasteiger partial charge < -0.3 is 10.2 Å². The SMILES string of the molecule is O=C(O)c1cccc2ccc(C3CCCCC3)c(C(=O)O)c12. The number of benzene rings is 2. The van der Waals surface area contributed by atoms with Crippen LogP contribution in [0.4, 0.5) is 0 Å². The van der Waals surface area contributed by atoms with Crippen LogP contribution in [0.15, 0.2) is 30.3 Å². The zero-order valence-corrected chi connectivity index (χ0v) is 12.2. The van der Waals surface area contributed by atoms with E-state index in [1.807, 2.05) is 12.1 Å². The largest absolute Gasteiger partial charge is 0.478 e. The first kappa shape index (κ1) is 14.6. The van der Waals surface area contributed by atoms with E-state index in [2.05, 4.69) is 0 Å². The van der Waals surface area contributed by atoms with E-state index in [1.165, 1.54) is 12.5 Å². The number of carbonyl (C=O) groups is 2. The van der Waals surface area contributed by atoms with E-state index >= 15 is 0 Å². The molecular formula is C18H18O4. The van der Waals surface area contributed by atoms with Gasteiger partial charge in [0.15, 0.2) is 0 Å². The molecule has 0 aromatic heterocycles. The number of carboxylic acid groups (broad SMARTS) is 2. The Hall–Kier alpha value is -2.36. The first-order valence-electron chi connectivity index (χ1n) is 7.62. The van der Waals surface area contributed by atoms with Crippen molar-refractivity contribution < 1.29 is 19.8 Å². The molecule has 4 heteroatoms. The van der Waals surface area contributed by atoms with Gasteiger partial charge >= 0.3 is 11.9 Å². The molecule has 4 nitrogen and oxygen atoms in total. The number of hydrogen-bond donors (Lipinski definition) is 2. The predicted octanol–water partition coefficient (Wildman–Crippen LogP) is 4.28. The van der Waals surface area contributed by atoms with E-state index in [-0.39, 0.29) is 17.0 Å². The van der Waals surface area contributed by atoms with Crippen molar-refractivity contribution in [2.24, 2.45) is 0 Å². The Labute approximate surface area is 128 Å². The molecule has 2 aromatic rings. The minimum atomic E-state index is -1.09. The third-order valence-corrected chi connectivity index (χ3v) is 4.57. The number of fused-ring (bicyclic) bond motifs is 1. The van der Waals surface area contributed by atoms with E-state index < -0.39 is 11.9 Å². The summed E-state index contributed by atoms with van der Waals surface area (Å²) in [6.07, 6.45) is 5.33. The number of aromatic carboxylic acids is 2. The van der Waals surface area contributed by atoms with E-state index in [4.69, 9.17) is 0 Å². The van der Waals surface area contributed by atoms with Crippen LogP contribution in [0.2, 0.25) is 0 Å². The van der Waals surface area contributed by atoms with Gasteiger partial charge in [-0.05, 0) is 35.8 Å². The number of hydrogen-bond acceptors (Lipinski definition) is 2. The third kappa shape index (κ3) is 2.45. The molecule has 114 valence electrons. The molecular weight excluding hydrogens is 280 g/mol. The number of carboxylic acids is 2. The first-order valence-corrected chi connectivity index (χ1v) is 7.62. The van der Waals surface area contributed by atoms with Gasteiger partial charge in [-0.1, -0.05) is 43.5 Å². The Balaban J connectivity index is 2.29. The van der Waals surface area contributed by atoms with E-state index in [0.717, 1.165) is 31.2 Å². The van der Waals surface area contributed by atoms with Crippen LogP contribution in [0.3, 0.4) is 0 Å². The molecule has 0 aliphatic heterocycles. The average Bonchev–Trinajstić information content (AvgIpc) is 2.53. The normalized spacial score (nSPS) is 15.8. The molecule has 0 radical (unpaired) electrons. The lowest BCUT2D eigenvalue weighted by atomic mass is 9.80. The van der Waals surface area contributed by atoms with Crippen LogP contribution in [-0.4, -0.2) is 22.2 Å². The second-order valence-corrected chi connectivity index (χ2v) is 5.88. The van der Waals surface area contributed by atoms with Crippen LogP contribution in [-0.2, 0) is 0 Å². The highest BCUT2D eigenvalue weighted by atomic mass is 16.4. The summed E-state index contributed by atoms with van der Waals surface area (Å²) in [4.78, 5) is 23.3. The topological polar surface area (TPSA) is 74.6 Å². The van der Waals surface area contributed by atoms with Gasteiger partial charge in [-0.25, -0.2) is 9.59 Å². The van der Waals surface area contributed by atoms with Crippen molar-refractivity contribution in [3.63, 3.8) is 0 Å². The van der Waals surface area contributed by atoms with E-state index in [1.54, 1.807) is 12.1 Å². The monoisotopic (exact) mass is 298 g/mol.